The fourth-order valence-corrected chi connectivity index (χ4v) is 5.19. The summed E-state index contributed by atoms with van der Waals surface area (Å²) in [6, 6.07) is 10.2. The van der Waals surface area contributed by atoms with Crippen LogP contribution in [0.15, 0.2) is 50.7 Å². The first-order chi connectivity index (χ1) is 11.8. The van der Waals surface area contributed by atoms with E-state index in [-0.39, 0.29) is 16.7 Å². The van der Waals surface area contributed by atoms with Crippen molar-refractivity contribution >= 4 is 55.0 Å². The first-order valence-corrected chi connectivity index (χ1v) is 10.9. The number of halogens is 1. The molecule has 1 aliphatic rings. The third kappa shape index (κ3) is 4.02. The molecular weight excluding hydrogens is 424 g/mol. The van der Waals surface area contributed by atoms with Crippen molar-refractivity contribution in [2.45, 2.75) is 23.6 Å². The highest BCUT2D eigenvalue weighted by Gasteiger charge is 2.23. The first-order valence-electron chi connectivity index (χ1n) is 7.63. The lowest BCUT2D eigenvalue weighted by molar-refractivity contribution is -0.118. The van der Waals surface area contributed by atoms with E-state index in [2.05, 4.69) is 26.0 Å². The quantitative estimate of drug-likeness (QED) is 0.747. The van der Waals surface area contributed by atoms with Gasteiger partial charge in [0.2, 0.25) is 5.91 Å². The lowest BCUT2D eigenvalue weighted by Crippen LogP contribution is -2.20. The highest BCUT2D eigenvalue weighted by Crippen LogP contribution is 2.35. The average molecular weight is 441 g/mol. The minimum Gasteiger partial charge on any atom is -0.325 e. The van der Waals surface area contributed by atoms with Gasteiger partial charge in [-0.1, -0.05) is 13.0 Å². The predicted octanol–water partition coefficient (Wildman–Crippen LogP) is 4.24. The molecule has 2 N–H and O–H groups in total. The van der Waals surface area contributed by atoms with Gasteiger partial charge in [-0.25, -0.2) is 8.42 Å². The number of thioether (sulfide) groups is 1. The molecule has 1 heterocycles. The topological polar surface area (TPSA) is 75.3 Å². The fraction of sp³-hybridized carbons (Fsp3) is 0.235. The van der Waals surface area contributed by atoms with E-state index in [1.54, 1.807) is 30.0 Å². The normalized spacial score (nSPS) is 17.4. The Hall–Kier alpha value is -1.51. The number of sulfonamides is 1. The molecule has 3 rings (SSSR count). The molecule has 0 bridgehead atoms. The molecule has 0 unspecified atom stereocenters. The van der Waals surface area contributed by atoms with Crippen molar-refractivity contribution in [1.82, 2.24) is 0 Å². The summed E-state index contributed by atoms with van der Waals surface area (Å²) in [5.74, 6) is 0.439. The van der Waals surface area contributed by atoms with Crippen LogP contribution >= 0.6 is 27.7 Å². The molecule has 0 aromatic heterocycles. The SMILES string of the molecule is Cc1ccc(NS(=O)(=O)c2ccc3c(c2)NC(=O)[C@H](C)CS3)c(Br)c1. The van der Waals surface area contributed by atoms with E-state index in [0.717, 1.165) is 10.5 Å². The largest absolute Gasteiger partial charge is 0.325 e. The molecule has 2 aromatic rings. The Labute approximate surface area is 159 Å². The lowest BCUT2D eigenvalue weighted by atomic mass is 10.2. The second kappa shape index (κ2) is 7.01. The second-order valence-electron chi connectivity index (χ2n) is 5.95. The number of anilines is 2. The third-order valence-corrected chi connectivity index (χ3v) is 7.18. The molecule has 0 spiro atoms. The van der Waals surface area contributed by atoms with Gasteiger partial charge in [-0.2, -0.15) is 0 Å². The molecule has 1 atom stereocenters. The maximum atomic E-state index is 12.7. The minimum absolute atomic E-state index is 0.102. The summed E-state index contributed by atoms with van der Waals surface area (Å²) in [4.78, 5) is 13.0. The van der Waals surface area contributed by atoms with Gasteiger partial charge in [0.25, 0.3) is 10.0 Å². The zero-order valence-corrected chi connectivity index (χ0v) is 16.9. The second-order valence-corrected chi connectivity index (χ2v) is 9.55. The molecule has 25 heavy (non-hydrogen) atoms. The molecule has 1 aliphatic heterocycles. The van der Waals surface area contributed by atoms with Gasteiger partial charge >= 0.3 is 0 Å². The van der Waals surface area contributed by atoms with Crippen LogP contribution < -0.4 is 10.0 Å². The van der Waals surface area contributed by atoms with E-state index in [1.807, 2.05) is 26.0 Å². The molecule has 0 aliphatic carbocycles. The number of benzene rings is 2. The third-order valence-electron chi connectivity index (χ3n) is 3.82. The molecule has 0 saturated carbocycles. The Kier molecular flexibility index (Phi) is 5.13. The number of hydrogen-bond acceptors (Lipinski definition) is 4. The molecule has 0 saturated heterocycles. The molecule has 5 nitrogen and oxygen atoms in total. The summed E-state index contributed by atoms with van der Waals surface area (Å²) < 4.78 is 28.7. The van der Waals surface area contributed by atoms with Crippen molar-refractivity contribution in [3.05, 3.63) is 46.4 Å². The van der Waals surface area contributed by atoms with Crippen LogP contribution in [-0.2, 0) is 14.8 Å². The predicted molar refractivity (Wildman–Crippen MR) is 105 cm³/mol. The van der Waals surface area contributed by atoms with Gasteiger partial charge < -0.3 is 5.32 Å². The first kappa shape index (κ1) is 18.3. The van der Waals surface area contributed by atoms with Crippen molar-refractivity contribution in [3.63, 3.8) is 0 Å². The Morgan fingerprint density at radius 3 is 2.72 bits per heavy atom. The maximum Gasteiger partial charge on any atom is 0.262 e. The van der Waals surface area contributed by atoms with Gasteiger partial charge in [-0.05, 0) is 58.7 Å². The van der Waals surface area contributed by atoms with Gasteiger partial charge in [0.15, 0.2) is 0 Å². The van der Waals surface area contributed by atoms with Crippen LogP contribution in [0, 0.1) is 12.8 Å². The average Bonchev–Trinajstić information content (AvgIpc) is 2.69. The van der Waals surface area contributed by atoms with Crippen LogP contribution in [0.5, 0.6) is 0 Å². The molecule has 8 heteroatoms. The number of hydrogen-bond donors (Lipinski definition) is 2. The smallest absolute Gasteiger partial charge is 0.262 e. The van der Waals surface area contributed by atoms with Gasteiger partial charge in [-0.3, -0.25) is 9.52 Å². The highest BCUT2D eigenvalue weighted by atomic mass is 79.9. The van der Waals surface area contributed by atoms with Gasteiger partial charge in [0, 0.05) is 21.0 Å². The van der Waals surface area contributed by atoms with Crippen molar-refractivity contribution in [3.8, 4) is 0 Å². The Balaban J connectivity index is 1.93. The van der Waals surface area contributed by atoms with E-state index in [1.165, 1.54) is 6.07 Å². The zero-order valence-electron chi connectivity index (χ0n) is 13.7. The Morgan fingerprint density at radius 2 is 2.00 bits per heavy atom. The minimum atomic E-state index is -3.77. The zero-order chi connectivity index (χ0) is 18.2. The summed E-state index contributed by atoms with van der Waals surface area (Å²) in [5, 5.41) is 2.81. The molecule has 0 radical (unpaired) electrons. The molecule has 1 amide bonds. The van der Waals surface area contributed by atoms with Crippen LogP contribution in [0.25, 0.3) is 0 Å². The number of amides is 1. The monoisotopic (exact) mass is 440 g/mol. The Morgan fingerprint density at radius 1 is 1.24 bits per heavy atom. The summed E-state index contributed by atoms with van der Waals surface area (Å²) in [6.45, 7) is 3.78. The maximum absolute atomic E-state index is 12.7. The van der Waals surface area contributed by atoms with Gasteiger partial charge in [0.05, 0.1) is 16.3 Å². The van der Waals surface area contributed by atoms with Crippen molar-refractivity contribution in [1.29, 1.82) is 0 Å². The fourth-order valence-electron chi connectivity index (χ4n) is 2.35. The highest BCUT2D eigenvalue weighted by molar-refractivity contribution is 9.10. The summed E-state index contributed by atoms with van der Waals surface area (Å²) in [6.07, 6.45) is 0. The van der Waals surface area contributed by atoms with E-state index in [9.17, 15) is 13.2 Å². The summed E-state index contributed by atoms with van der Waals surface area (Å²) in [5.41, 5.74) is 2.02. The number of carbonyl (C=O) groups excluding carboxylic acids is 1. The number of nitrogens with one attached hydrogen (secondary N) is 2. The number of aryl methyl sites for hydroxylation is 1. The summed E-state index contributed by atoms with van der Waals surface area (Å²) >= 11 is 4.91. The number of carbonyl (C=O) groups is 1. The van der Waals surface area contributed by atoms with Crippen molar-refractivity contribution < 1.29 is 13.2 Å². The number of rotatable bonds is 3. The number of fused-ring (bicyclic) bond motifs is 1. The van der Waals surface area contributed by atoms with Gasteiger partial charge in [0.1, 0.15) is 0 Å². The van der Waals surface area contributed by atoms with Crippen molar-refractivity contribution in [2.75, 3.05) is 15.8 Å². The van der Waals surface area contributed by atoms with Crippen LogP contribution in [0.3, 0.4) is 0 Å². The van der Waals surface area contributed by atoms with Crippen LogP contribution in [0.1, 0.15) is 12.5 Å². The van der Waals surface area contributed by atoms with E-state index in [4.69, 9.17) is 0 Å². The van der Waals surface area contributed by atoms with Crippen molar-refractivity contribution in [2.24, 2.45) is 5.92 Å². The molecule has 2 aromatic carbocycles. The lowest BCUT2D eigenvalue weighted by Gasteiger charge is -2.13. The summed E-state index contributed by atoms with van der Waals surface area (Å²) in [7, 11) is -3.77. The van der Waals surface area contributed by atoms with Crippen LogP contribution in [0.2, 0.25) is 0 Å². The van der Waals surface area contributed by atoms with E-state index >= 15 is 0 Å². The standard InChI is InChI=1S/C17H17BrN2O3S2/c1-10-3-5-14(13(18)7-10)20-25(22,23)12-4-6-16-15(8-12)19-17(21)11(2)9-24-16/h3-8,11,20H,9H2,1-2H3,(H,19,21)/t11-/m1/s1. The van der Waals surface area contributed by atoms with Crippen LogP contribution in [-0.4, -0.2) is 20.1 Å². The Bertz CT molecular complexity index is 945. The molecule has 0 fully saturated rings. The molecular formula is C17H17BrN2O3S2. The van der Waals surface area contributed by atoms with E-state index in [0.29, 0.717) is 21.6 Å². The molecule has 132 valence electrons. The van der Waals surface area contributed by atoms with Gasteiger partial charge in [-0.15, -0.1) is 11.8 Å². The van der Waals surface area contributed by atoms with E-state index < -0.39 is 10.0 Å². The van der Waals surface area contributed by atoms with Crippen LogP contribution in [0.4, 0.5) is 11.4 Å².